The van der Waals surface area contributed by atoms with Crippen molar-refractivity contribution in [1.29, 1.82) is 0 Å². The zero-order valence-corrected chi connectivity index (χ0v) is 13.0. The molecular formula is C18H20FNO2. The second-order valence-corrected chi connectivity index (χ2v) is 5.30. The maximum Gasteiger partial charge on any atom is 0.261 e. The van der Waals surface area contributed by atoms with Crippen LogP contribution < -0.4 is 10.1 Å². The van der Waals surface area contributed by atoms with Crippen molar-refractivity contribution in [3.05, 3.63) is 65.5 Å². The minimum absolute atomic E-state index is 0.104. The highest BCUT2D eigenvalue weighted by atomic mass is 19.1. The van der Waals surface area contributed by atoms with Crippen LogP contribution in [0.3, 0.4) is 0 Å². The van der Waals surface area contributed by atoms with Gasteiger partial charge in [0.2, 0.25) is 0 Å². The van der Waals surface area contributed by atoms with Gasteiger partial charge in [0.25, 0.3) is 5.91 Å². The van der Waals surface area contributed by atoms with Crippen LogP contribution in [0, 0.1) is 12.7 Å². The van der Waals surface area contributed by atoms with E-state index >= 15 is 0 Å². The Morgan fingerprint density at radius 2 is 1.73 bits per heavy atom. The number of carbonyl (C=O) groups is 1. The van der Waals surface area contributed by atoms with Crippen LogP contribution in [0.15, 0.2) is 48.5 Å². The van der Waals surface area contributed by atoms with Crippen LogP contribution in [-0.4, -0.2) is 12.0 Å². The van der Waals surface area contributed by atoms with Gasteiger partial charge in [0.05, 0.1) is 6.04 Å². The molecule has 0 fully saturated rings. The molecule has 2 rings (SSSR count). The van der Waals surface area contributed by atoms with Crippen molar-refractivity contribution in [3.63, 3.8) is 0 Å². The molecule has 2 aromatic rings. The first-order valence-electron chi connectivity index (χ1n) is 7.25. The Balaban J connectivity index is 1.96. The molecule has 2 aromatic carbocycles. The van der Waals surface area contributed by atoms with Crippen LogP contribution in [-0.2, 0) is 4.79 Å². The van der Waals surface area contributed by atoms with E-state index in [4.69, 9.17) is 4.74 Å². The highest BCUT2D eigenvalue weighted by Gasteiger charge is 2.18. The fraction of sp³-hybridized carbons (Fsp3) is 0.278. The molecule has 22 heavy (non-hydrogen) atoms. The molecule has 0 saturated heterocycles. The molecule has 1 N–H and O–H groups in total. The number of hydrogen-bond donors (Lipinski definition) is 1. The summed E-state index contributed by atoms with van der Waals surface area (Å²) in [5.41, 5.74) is 2.20. The van der Waals surface area contributed by atoms with Crippen LogP contribution in [0.4, 0.5) is 4.39 Å². The molecule has 0 bridgehead atoms. The predicted octanol–water partition coefficient (Wildman–Crippen LogP) is 3.78. The Hall–Kier alpha value is -2.36. The van der Waals surface area contributed by atoms with Gasteiger partial charge in [-0.2, -0.15) is 0 Å². The lowest BCUT2D eigenvalue weighted by Gasteiger charge is -2.20. The number of ether oxygens (including phenoxy) is 1. The highest BCUT2D eigenvalue weighted by Crippen LogP contribution is 2.17. The third-order valence-electron chi connectivity index (χ3n) is 3.51. The molecule has 0 spiro atoms. The van der Waals surface area contributed by atoms with Gasteiger partial charge in [-0.05, 0) is 56.2 Å². The summed E-state index contributed by atoms with van der Waals surface area (Å²) in [4.78, 5) is 12.2. The number of halogens is 1. The molecule has 0 heterocycles. The van der Waals surface area contributed by atoms with Crippen molar-refractivity contribution in [2.45, 2.75) is 32.9 Å². The molecule has 2 unspecified atom stereocenters. The Labute approximate surface area is 130 Å². The van der Waals surface area contributed by atoms with E-state index in [2.05, 4.69) is 5.32 Å². The first kappa shape index (κ1) is 16.0. The van der Waals surface area contributed by atoms with Crippen LogP contribution >= 0.6 is 0 Å². The van der Waals surface area contributed by atoms with E-state index in [0.29, 0.717) is 5.75 Å². The van der Waals surface area contributed by atoms with E-state index in [1.807, 2.05) is 38.1 Å². The number of amides is 1. The molecule has 0 saturated carbocycles. The molecule has 1 amide bonds. The van der Waals surface area contributed by atoms with E-state index < -0.39 is 6.10 Å². The number of carbonyl (C=O) groups excluding carboxylic acids is 1. The molecule has 4 heteroatoms. The summed E-state index contributed by atoms with van der Waals surface area (Å²) < 4.78 is 18.4. The smallest absolute Gasteiger partial charge is 0.261 e. The molecule has 116 valence electrons. The summed E-state index contributed by atoms with van der Waals surface area (Å²) in [5, 5.41) is 2.93. The lowest BCUT2D eigenvalue weighted by Crippen LogP contribution is -2.37. The fourth-order valence-electron chi connectivity index (χ4n) is 2.25. The number of hydrogen-bond acceptors (Lipinski definition) is 2. The van der Waals surface area contributed by atoms with Gasteiger partial charge in [-0.3, -0.25) is 4.79 Å². The summed E-state index contributed by atoms with van der Waals surface area (Å²) in [6.45, 7) is 5.62. The number of nitrogens with one attached hydrogen (secondary N) is 1. The molecule has 0 aliphatic rings. The summed E-state index contributed by atoms with van der Waals surface area (Å²) >= 11 is 0. The average molecular weight is 301 g/mol. The first-order valence-corrected chi connectivity index (χ1v) is 7.25. The second kappa shape index (κ2) is 7.07. The summed E-state index contributed by atoms with van der Waals surface area (Å²) in [5.74, 6) is -0.0784. The first-order chi connectivity index (χ1) is 10.5. The third kappa shape index (κ3) is 4.07. The van der Waals surface area contributed by atoms with Gasteiger partial charge in [0.1, 0.15) is 11.6 Å². The average Bonchev–Trinajstić information content (AvgIpc) is 2.49. The van der Waals surface area contributed by atoms with Crippen LogP contribution in [0.5, 0.6) is 5.75 Å². The minimum Gasteiger partial charge on any atom is -0.481 e. The largest absolute Gasteiger partial charge is 0.481 e. The summed E-state index contributed by atoms with van der Waals surface area (Å²) in [7, 11) is 0. The minimum atomic E-state index is -0.656. The zero-order valence-electron chi connectivity index (χ0n) is 13.0. The summed E-state index contributed by atoms with van der Waals surface area (Å²) in [6, 6.07) is 13.4. The molecule has 0 aliphatic carbocycles. The van der Waals surface area contributed by atoms with Gasteiger partial charge in [0, 0.05) is 0 Å². The predicted molar refractivity (Wildman–Crippen MR) is 84.2 cm³/mol. The number of benzene rings is 2. The van der Waals surface area contributed by atoms with Gasteiger partial charge < -0.3 is 10.1 Å². The number of rotatable bonds is 5. The SMILES string of the molecule is Cc1ccccc1C(C)NC(=O)C(C)Oc1ccc(F)cc1. The van der Waals surface area contributed by atoms with Crippen LogP contribution in [0.1, 0.15) is 31.0 Å². The van der Waals surface area contributed by atoms with Crippen molar-refractivity contribution >= 4 is 5.91 Å². The normalized spacial score (nSPS) is 13.3. The van der Waals surface area contributed by atoms with E-state index in [1.165, 1.54) is 24.3 Å². The Bertz CT molecular complexity index is 640. The molecule has 0 radical (unpaired) electrons. The van der Waals surface area contributed by atoms with Crippen molar-refractivity contribution < 1.29 is 13.9 Å². The van der Waals surface area contributed by atoms with Gasteiger partial charge in [-0.1, -0.05) is 24.3 Å². The second-order valence-electron chi connectivity index (χ2n) is 5.30. The van der Waals surface area contributed by atoms with Crippen molar-refractivity contribution in [1.82, 2.24) is 5.32 Å². The third-order valence-corrected chi connectivity index (χ3v) is 3.51. The van der Waals surface area contributed by atoms with E-state index in [-0.39, 0.29) is 17.8 Å². The molecular weight excluding hydrogens is 281 g/mol. The Morgan fingerprint density at radius 3 is 2.36 bits per heavy atom. The molecule has 0 aliphatic heterocycles. The van der Waals surface area contributed by atoms with Gasteiger partial charge >= 0.3 is 0 Å². The monoisotopic (exact) mass is 301 g/mol. The lowest BCUT2D eigenvalue weighted by molar-refractivity contribution is -0.127. The van der Waals surface area contributed by atoms with E-state index in [1.54, 1.807) is 6.92 Å². The van der Waals surface area contributed by atoms with Crippen LogP contribution in [0.2, 0.25) is 0 Å². The van der Waals surface area contributed by atoms with E-state index in [0.717, 1.165) is 11.1 Å². The topological polar surface area (TPSA) is 38.3 Å². The van der Waals surface area contributed by atoms with Crippen molar-refractivity contribution in [3.8, 4) is 5.75 Å². The van der Waals surface area contributed by atoms with Gasteiger partial charge in [0.15, 0.2) is 6.10 Å². The van der Waals surface area contributed by atoms with Gasteiger partial charge in [-0.15, -0.1) is 0 Å². The fourth-order valence-corrected chi connectivity index (χ4v) is 2.25. The van der Waals surface area contributed by atoms with Gasteiger partial charge in [-0.25, -0.2) is 4.39 Å². The molecule has 3 nitrogen and oxygen atoms in total. The maximum absolute atomic E-state index is 12.8. The van der Waals surface area contributed by atoms with E-state index in [9.17, 15) is 9.18 Å². The molecule has 0 aromatic heterocycles. The lowest BCUT2D eigenvalue weighted by atomic mass is 10.0. The maximum atomic E-state index is 12.8. The number of aryl methyl sites for hydroxylation is 1. The quantitative estimate of drug-likeness (QED) is 0.912. The zero-order chi connectivity index (χ0) is 16.1. The van der Waals surface area contributed by atoms with Crippen molar-refractivity contribution in [2.24, 2.45) is 0 Å². The molecule has 2 atom stereocenters. The Morgan fingerprint density at radius 1 is 1.09 bits per heavy atom. The summed E-state index contributed by atoms with van der Waals surface area (Å²) in [6.07, 6.45) is -0.656. The Kier molecular flexibility index (Phi) is 5.15. The van der Waals surface area contributed by atoms with Crippen molar-refractivity contribution in [2.75, 3.05) is 0 Å². The standard InChI is InChI=1S/C18H20FNO2/c1-12-6-4-5-7-17(12)13(2)20-18(21)14(3)22-16-10-8-15(19)9-11-16/h4-11,13-14H,1-3H3,(H,20,21). The van der Waals surface area contributed by atoms with Crippen LogP contribution in [0.25, 0.3) is 0 Å². The highest BCUT2D eigenvalue weighted by molar-refractivity contribution is 5.81.